The SMILES string of the molecule is Cc1cc(CN[C@H]2CCCC[C@@H]2O)cc(C)c1F. The van der Waals surface area contributed by atoms with Crippen LogP contribution in [0.5, 0.6) is 0 Å². The lowest BCUT2D eigenvalue weighted by Gasteiger charge is -2.28. The Morgan fingerprint density at radius 1 is 1.22 bits per heavy atom. The smallest absolute Gasteiger partial charge is 0.129 e. The molecule has 2 rings (SSSR count). The summed E-state index contributed by atoms with van der Waals surface area (Å²) in [5, 5.41) is 13.3. The second-order valence-electron chi connectivity index (χ2n) is 5.38. The van der Waals surface area contributed by atoms with Crippen LogP contribution < -0.4 is 5.32 Å². The quantitative estimate of drug-likeness (QED) is 0.866. The molecule has 0 radical (unpaired) electrons. The van der Waals surface area contributed by atoms with Crippen molar-refractivity contribution in [2.45, 2.75) is 58.2 Å². The van der Waals surface area contributed by atoms with Gasteiger partial charge in [0.15, 0.2) is 0 Å². The van der Waals surface area contributed by atoms with Crippen LogP contribution in [0.15, 0.2) is 12.1 Å². The van der Waals surface area contributed by atoms with Crippen molar-refractivity contribution in [3.63, 3.8) is 0 Å². The fraction of sp³-hybridized carbons (Fsp3) is 0.600. The van der Waals surface area contributed by atoms with Crippen molar-refractivity contribution in [1.29, 1.82) is 0 Å². The van der Waals surface area contributed by atoms with Gasteiger partial charge in [-0.05, 0) is 43.4 Å². The molecule has 1 aromatic carbocycles. The first kappa shape index (κ1) is 13.5. The van der Waals surface area contributed by atoms with Gasteiger partial charge in [0.2, 0.25) is 0 Å². The summed E-state index contributed by atoms with van der Waals surface area (Å²) >= 11 is 0. The number of aliphatic hydroxyl groups excluding tert-OH is 1. The Labute approximate surface area is 108 Å². The fourth-order valence-corrected chi connectivity index (χ4v) is 2.74. The van der Waals surface area contributed by atoms with E-state index in [2.05, 4.69) is 5.32 Å². The van der Waals surface area contributed by atoms with Gasteiger partial charge in [-0.2, -0.15) is 0 Å². The molecule has 1 fully saturated rings. The number of aryl methyl sites for hydroxylation is 2. The molecule has 0 amide bonds. The number of hydrogen-bond acceptors (Lipinski definition) is 2. The number of hydrogen-bond donors (Lipinski definition) is 2. The molecule has 0 bridgehead atoms. The average molecular weight is 251 g/mol. The highest BCUT2D eigenvalue weighted by Crippen LogP contribution is 2.19. The van der Waals surface area contributed by atoms with Crippen LogP contribution in [0.1, 0.15) is 42.4 Å². The van der Waals surface area contributed by atoms with Crippen LogP contribution in [0.3, 0.4) is 0 Å². The maximum atomic E-state index is 13.5. The van der Waals surface area contributed by atoms with Gasteiger partial charge in [-0.25, -0.2) is 4.39 Å². The van der Waals surface area contributed by atoms with Gasteiger partial charge in [-0.1, -0.05) is 25.0 Å². The molecule has 2 N–H and O–H groups in total. The topological polar surface area (TPSA) is 32.3 Å². The molecule has 0 unspecified atom stereocenters. The molecule has 100 valence electrons. The summed E-state index contributed by atoms with van der Waals surface area (Å²) in [6, 6.07) is 3.94. The first-order valence-electron chi connectivity index (χ1n) is 6.75. The first-order chi connectivity index (χ1) is 8.58. The molecule has 0 aromatic heterocycles. The second-order valence-corrected chi connectivity index (χ2v) is 5.38. The zero-order valence-electron chi connectivity index (χ0n) is 11.2. The van der Waals surface area contributed by atoms with Crippen LogP contribution in [-0.4, -0.2) is 17.3 Å². The van der Waals surface area contributed by atoms with E-state index < -0.39 is 0 Å². The van der Waals surface area contributed by atoms with Crippen LogP contribution >= 0.6 is 0 Å². The summed E-state index contributed by atoms with van der Waals surface area (Å²) in [5.41, 5.74) is 2.47. The Hall–Kier alpha value is -0.930. The van der Waals surface area contributed by atoms with E-state index in [1.54, 1.807) is 13.8 Å². The normalized spacial score (nSPS) is 24.2. The van der Waals surface area contributed by atoms with Gasteiger partial charge >= 0.3 is 0 Å². The van der Waals surface area contributed by atoms with Gasteiger partial charge in [0.05, 0.1) is 6.10 Å². The Bertz CT molecular complexity index is 396. The summed E-state index contributed by atoms with van der Waals surface area (Å²) < 4.78 is 13.5. The summed E-state index contributed by atoms with van der Waals surface area (Å²) in [7, 11) is 0. The predicted molar refractivity (Wildman–Crippen MR) is 71.0 cm³/mol. The minimum Gasteiger partial charge on any atom is -0.392 e. The molecule has 0 spiro atoms. The summed E-state index contributed by atoms with van der Waals surface area (Å²) in [6.07, 6.45) is 3.98. The monoisotopic (exact) mass is 251 g/mol. The molecule has 1 aromatic rings. The highest BCUT2D eigenvalue weighted by molar-refractivity contribution is 5.30. The van der Waals surface area contributed by atoms with E-state index in [0.717, 1.165) is 24.8 Å². The maximum absolute atomic E-state index is 13.5. The van der Waals surface area contributed by atoms with E-state index in [-0.39, 0.29) is 18.0 Å². The third-order valence-corrected chi connectivity index (χ3v) is 3.79. The molecule has 0 aliphatic heterocycles. The summed E-state index contributed by atoms with van der Waals surface area (Å²) in [6.45, 7) is 4.28. The average Bonchev–Trinajstić information content (AvgIpc) is 2.35. The third-order valence-electron chi connectivity index (χ3n) is 3.79. The molecular weight excluding hydrogens is 229 g/mol. The second kappa shape index (κ2) is 5.81. The Morgan fingerprint density at radius 3 is 2.44 bits per heavy atom. The van der Waals surface area contributed by atoms with Gasteiger partial charge in [0.25, 0.3) is 0 Å². The zero-order chi connectivity index (χ0) is 13.1. The van der Waals surface area contributed by atoms with Crippen LogP contribution in [0.25, 0.3) is 0 Å². The highest BCUT2D eigenvalue weighted by atomic mass is 19.1. The molecule has 3 heteroatoms. The lowest BCUT2D eigenvalue weighted by Crippen LogP contribution is -2.41. The molecule has 2 nitrogen and oxygen atoms in total. The van der Waals surface area contributed by atoms with Crippen molar-refractivity contribution < 1.29 is 9.50 Å². The van der Waals surface area contributed by atoms with Crippen molar-refractivity contribution in [2.24, 2.45) is 0 Å². The van der Waals surface area contributed by atoms with E-state index in [1.807, 2.05) is 12.1 Å². The van der Waals surface area contributed by atoms with Crippen molar-refractivity contribution in [3.05, 3.63) is 34.6 Å². The number of aliphatic hydroxyl groups is 1. The van der Waals surface area contributed by atoms with Crippen molar-refractivity contribution >= 4 is 0 Å². The number of benzene rings is 1. The maximum Gasteiger partial charge on any atom is 0.129 e. The molecule has 1 aliphatic carbocycles. The van der Waals surface area contributed by atoms with Gasteiger partial charge < -0.3 is 10.4 Å². The van der Waals surface area contributed by atoms with E-state index in [0.29, 0.717) is 17.7 Å². The zero-order valence-corrected chi connectivity index (χ0v) is 11.2. The molecular formula is C15H22FNO. The van der Waals surface area contributed by atoms with Crippen molar-refractivity contribution in [2.75, 3.05) is 0 Å². The van der Waals surface area contributed by atoms with E-state index in [1.165, 1.54) is 6.42 Å². The molecule has 2 atom stereocenters. The largest absolute Gasteiger partial charge is 0.392 e. The van der Waals surface area contributed by atoms with Crippen LogP contribution in [0, 0.1) is 19.7 Å². The van der Waals surface area contributed by atoms with Gasteiger partial charge in [-0.3, -0.25) is 0 Å². The van der Waals surface area contributed by atoms with Crippen molar-refractivity contribution in [1.82, 2.24) is 5.32 Å². The predicted octanol–water partition coefficient (Wildman–Crippen LogP) is 2.84. The molecule has 0 saturated heterocycles. The summed E-state index contributed by atoms with van der Waals surface area (Å²) in [5.74, 6) is -0.114. The number of rotatable bonds is 3. The first-order valence-corrected chi connectivity index (χ1v) is 6.75. The Kier molecular flexibility index (Phi) is 4.36. The molecule has 18 heavy (non-hydrogen) atoms. The van der Waals surface area contributed by atoms with E-state index in [4.69, 9.17) is 0 Å². The lowest BCUT2D eigenvalue weighted by molar-refractivity contribution is 0.0902. The van der Waals surface area contributed by atoms with Gasteiger partial charge in [-0.15, -0.1) is 0 Å². The molecule has 0 heterocycles. The molecule has 1 aliphatic rings. The summed E-state index contributed by atoms with van der Waals surface area (Å²) in [4.78, 5) is 0. The van der Waals surface area contributed by atoms with Crippen LogP contribution in [0.2, 0.25) is 0 Å². The van der Waals surface area contributed by atoms with Gasteiger partial charge in [0.1, 0.15) is 5.82 Å². The Morgan fingerprint density at radius 2 is 1.83 bits per heavy atom. The third kappa shape index (κ3) is 3.09. The minimum atomic E-state index is -0.235. The lowest BCUT2D eigenvalue weighted by atomic mass is 9.92. The van der Waals surface area contributed by atoms with Crippen LogP contribution in [0.4, 0.5) is 4.39 Å². The number of nitrogens with one attached hydrogen (secondary N) is 1. The van der Waals surface area contributed by atoms with Crippen molar-refractivity contribution in [3.8, 4) is 0 Å². The standard InChI is InChI=1S/C15H22FNO/c1-10-7-12(8-11(2)15(10)16)9-17-13-5-3-4-6-14(13)18/h7-8,13-14,17-18H,3-6,9H2,1-2H3/t13-,14-/m0/s1. The van der Waals surface area contributed by atoms with E-state index >= 15 is 0 Å². The van der Waals surface area contributed by atoms with Crippen LogP contribution in [-0.2, 0) is 6.54 Å². The molecule has 1 saturated carbocycles. The van der Waals surface area contributed by atoms with E-state index in [9.17, 15) is 9.50 Å². The highest BCUT2D eigenvalue weighted by Gasteiger charge is 2.22. The van der Waals surface area contributed by atoms with Gasteiger partial charge in [0, 0.05) is 12.6 Å². The fourth-order valence-electron chi connectivity index (χ4n) is 2.74. The Balaban J connectivity index is 1.97. The minimum absolute atomic E-state index is 0.114. The number of halogens is 1.